The van der Waals surface area contributed by atoms with E-state index in [-0.39, 0.29) is 5.82 Å². The lowest BCUT2D eigenvalue weighted by Gasteiger charge is -2.09. The molecule has 0 unspecified atom stereocenters. The molecule has 0 fully saturated rings. The molecule has 0 aliphatic carbocycles. The second kappa shape index (κ2) is 6.89. The maximum Gasteiger partial charge on any atom is 0.202 e. The largest absolute Gasteiger partial charge is 0.383 e. The van der Waals surface area contributed by atoms with Gasteiger partial charge in [-0.1, -0.05) is 12.1 Å². The van der Waals surface area contributed by atoms with Crippen LogP contribution in [0.25, 0.3) is 0 Å². The number of aromatic nitrogens is 2. The van der Waals surface area contributed by atoms with Gasteiger partial charge in [0.05, 0.1) is 6.61 Å². The highest BCUT2D eigenvalue weighted by atomic mass is 19.1. The molecule has 1 aromatic heterocycles. The number of methoxy groups -OCH3 is 1. The highest BCUT2D eigenvalue weighted by Crippen LogP contribution is 2.07. The van der Waals surface area contributed by atoms with Gasteiger partial charge in [-0.05, 0) is 24.1 Å². The van der Waals surface area contributed by atoms with Crippen LogP contribution in [0.4, 0.5) is 10.3 Å². The maximum atomic E-state index is 13.0. The fourth-order valence-electron chi connectivity index (χ4n) is 1.86. The van der Waals surface area contributed by atoms with Crippen molar-refractivity contribution in [1.82, 2.24) is 9.55 Å². The Balaban J connectivity index is 1.84. The Bertz CT molecular complexity index is 513. The van der Waals surface area contributed by atoms with Crippen molar-refractivity contribution in [2.75, 3.05) is 25.6 Å². The van der Waals surface area contributed by atoms with Crippen molar-refractivity contribution in [3.63, 3.8) is 0 Å². The van der Waals surface area contributed by atoms with E-state index in [4.69, 9.17) is 4.74 Å². The van der Waals surface area contributed by atoms with Crippen LogP contribution in [0.5, 0.6) is 0 Å². The Hall–Kier alpha value is -1.88. The summed E-state index contributed by atoms with van der Waals surface area (Å²) in [5.74, 6) is 0.618. The topological polar surface area (TPSA) is 39.1 Å². The molecule has 0 spiro atoms. The van der Waals surface area contributed by atoms with Crippen LogP contribution in [0.2, 0.25) is 0 Å². The molecule has 102 valence electrons. The summed E-state index contributed by atoms with van der Waals surface area (Å²) in [6.45, 7) is 2.13. The van der Waals surface area contributed by atoms with E-state index in [0.717, 1.165) is 24.5 Å². The quantitative estimate of drug-likeness (QED) is 0.833. The van der Waals surface area contributed by atoms with E-state index in [1.165, 1.54) is 6.07 Å². The van der Waals surface area contributed by atoms with E-state index >= 15 is 0 Å². The first-order chi connectivity index (χ1) is 9.29. The van der Waals surface area contributed by atoms with Gasteiger partial charge in [0.25, 0.3) is 0 Å². The number of hydrogen-bond donors (Lipinski definition) is 1. The van der Waals surface area contributed by atoms with Gasteiger partial charge in [-0.3, -0.25) is 0 Å². The Morgan fingerprint density at radius 3 is 3.11 bits per heavy atom. The Morgan fingerprint density at radius 1 is 1.42 bits per heavy atom. The third-order valence-corrected chi connectivity index (χ3v) is 2.84. The molecule has 2 aromatic rings. The Morgan fingerprint density at radius 2 is 2.32 bits per heavy atom. The van der Waals surface area contributed by atoms with E-state index < -0.39 is 0 Å². The standard InChI is InChI=1S/C14H18FN3O/c1-19-10-9-18-8-7-17-14(18)16-6-5-12-3-2-4-13(15)11-12/h2-4,7-8,11H,5-6,9-10H2,1H3,(H,16,17). The van der Waals surface area contributed by atoms with Crippen molar-refractivity contribution in [3.05, 3.63) is 48.0 Å². The number of benzene rings is 1. The summed E-state index contributed by atoms with van der Waals surface area (Å²) in [6, 6.07) is 6.65. The molecule has 0 radical (unpaired) electrons. The van der Waals surface area contributed by atoms with Crippen LogP contribution in [0.15, 0.2) is 36.7 Å². The molecule has 1 heterocycles. The van der Waals surface area contributed by atoms with Gasteiger partial charge < -0.3 is 14.6 Å². The van der Waals surface area contributed by atoms with Crippen LogP contribution in [0, 0.1) is 5.82 Å². The van der Waals surface area contributed by atoms with Crippen molar-refractivity contribution >= 4 is 5.95 Å². The van der Waals surface area contributed by atoms with Gasteiger partial charge in [0, 0.05) is 32.6 Å². The number of ether oxygens (including phenoxy) is 1. The summed E-state index contributed by atoms with van der Waals surface area (Å²) >= 11 is 0. The molecule has 0 atom stereocenters. The van der Waals surface area contributed by atoms with Gasteiger partial charge in [0.1, 0.15) is 5.82 Å². The molecule has 1 N–H and O–H groups in total. The SMILES string of the molecule is COCCn1ccnc1NCCc1cccc(F)c1. The van der Waals surface area contributed by atoms with Gasteiger partial charge in [-0.15, -0.1) is 0 Å². The number of halogens is 1. The zero-order valence-corrected chi connectivity index (χ0v) is 11.0. The summed E-state index contributed by atoms with van der Waals surface area (Å²) in [5.41, 5.74) is 0.975. The van der Waals surface area contributed by atoms with Crippen molar-refractivity contribution < 1.29 is 9.13 Å². The zero-order valence-electron chi connectivity index (χ0n) is 11.0. The molecule has 0 aliphatic rings. The number of nitrogens with zero attached hydrogens (tertiary/aromatic N) is 2. The normalized spacial score (nSPS) is 10.6. The third kappa shape index (κ3) is 4.06. The maximum absolute atomic E-state index is 13.0. The van der Waals surface area contributed by atoms with E-state index in [0.29, 0.717) is 13.2 Å². The highest BCUT2D eigenvalue weighted by Gasteiger charge is 2.02. The molecule has 0 bridgehead atoms. The van der Waals surface area contributed by atoms with E-state index in [1.54, 1.807) is 25.4 Å². The predicted molar refractivity (Wildman–Crippen MR) is 72.7 cm³/mol. The van der Waals surface area contributed by atoms with Crippen LogP contribution in [-0.4, -0.2) is 29.8 Å². The van der Waals surface area contributed by atoms with Crippen LogP contribution >= 0.6 is 0 Å². The van der Waals surface area contributed by atoms with Crippen molar-refractivity contribution in [1.29, 1.82) is 0 Å². The van der Waals surface area contributed by atoms with E-state index in [9.17, 15) is 4.39 Å². The van der Waals surface area contributed by atoms with Crippen LogP contribution in [0.1, 0.15) is 5.56 Å². The van der Waals surface area contributed by atoms with Crippen LogP contribution < -0.4 is 5.32 Å². The zero-order chi connectivity index (χ0) is 13.5. The monoisotopic (exact) mass is 263 g/mol. The smallest absolute Gasteiger partial charge is 0.202 e. The molecule has 0 saturated heterocycles. The van der Waals surface area contributed by atoms with Crippen LogP contribution in [-0.2, 0) is 17.7 Å². The molecule has 5 heteroatoms. The number of nitrogens with one attached hydrogen (secondary N) is 1. The average molecular weight is 263 g/mol. The number of anilines is 1. The van der Waals surface area contributed by atoms with Crippen LogP contribution in [0.3, 0.4) is 0 Å². The lowest BCUT2D eigenvalue weighted by atomic mass is 10.1. The van der Waals surface area contributed by atoms with Gasteiger partial charge in [0.2, 0.25) is 5.95 Å². The number of rotatable bonds is 7. The molecule has 2 rings (SSSR count). The fraction of sp³-hybridized carbons (Fsp3) is 0.357. The van der Waals surface area contributed by atoms with Gasteiger partial charge in [-0.2, -0.15) is 0 Å². The molecule has 0 aliphatic heterocycles. The van der Waals surface area contributed by atoms with Gasteiger partial charge in [0.15, 0.2) is 0 Å². The number of hydrogen-bond acceptors (Lipinski definition) is 3. The van der Waals surface area contributed by atoms with Crippen molar-refractivity contribution in [2.24, 2.45) is 0 Å². The molecular weight excluding hydrogens is 245 g/mol. The van der Waals surface area contributed by atoms with E-state index in [1.807, 2.05) is 16.8 Å². The summed E-state index contributed by atoms with van der Waals surface area (Å²) in [6.07, 6.45) is 4.42. The lowest BCUT2D eigenvalue weighted by molar-refractivity contribution is 0.187. The Kier molecular flexibility index (Phi) is 4.92. The highest BCUT2D eigenvalue weighted by molar-refractivity contribution is 5.27. The second-order valence-corrected chi connectivity index (χ2v) is 4.24. The summed E-state index contributed by atoms with van der Waals surface area (Å²) in [7, 11) is 1.67. The molecular formula is C14H18FN3O. The first-order valence-corrected chi connectivity index (χ1v) is 6.28. The first-order valence-electron chi connectivity index (χ1n) is 6.28. The predicted octanol–water partition coefficient (Wildman–Crippen LogP) is 2.32. The molecule has 19 heavy (non-hydrogen) atoms. The minimum Gasteiger partial charge on any atom is -0.383 e. The van der Waals surface area contributed by atoms with Crippen molar-refractivity contribution in [2.45, 2.75) is 13.0 Å². The molecule has 0 saturated carbocycles. The first kappa shape index (κ1) is 13.5. The summed E-state index contributed by atoms with van der Waals surface area (Å²) in [5, 5.41) is 3.24. The van der Waals surface area contributed by atoms with Gasteiger partial charge >= 0.3 is 0 Å². The lowest BCUT2D eigenvalue weighted by Crippen LogP contribution is -2.12. The third-order valence-electron chi connectivity index (χ3n) is 2.84. The fourth-order valence-corrected chi connectivity index (χ4v) is 1.86. The minimum absolute atomic E-state index is 0.195. The summed E-state index contributed by atoms with van der Waals surface area (Å²) < 4.78 is 20.1. The van der Waals surface area contributed by atoms with E-state index in [2.05, 4.69) is 10.3 Å². The molecule has 4 nitrogen and oxygen atoms in total. The van der Waals surface area contributed by atoms with Gasteiger partial charge in [-0.25, -0.2) is 9.37 Å². The summed E-state index contributed by atoms with van der Waals surface area (Å²) in [4.78, 5) is 4.24. The average Bonchev–Trinajstić information content (AvgIpc) is 2.84. The van der Waals surface area contributed by atoms with Crippen molar-refractivity contribution in [3.8, 4) is 0 Å². The Labute approximate surface area is 112 Å². The second-order valence-electron chi connectivity index (χ2n) is 4.24. The number of imidazole rings is 1. The minimum atomic E-state index is -0.195. The molecule has 0 amide bonds. The molecule has 1 aromatic carbocycles.